The Bertz CT molecular complexity index is 526. The molecular formula is C12H14N2O2. The highest BCUT2D eigenvalue weighted by Crippen LogP contribution is 2.21. The summed E-state index contributed by atoms with van der Waals surface area (Å²) < 4.78 is 0. The van der Waals surface area contributed by atoms with Crippen molar-refractivity contribution in [2.45, 2.75) is 19.4 Å². The Balaban J connectivity index is 2.44. The summed E-state index contributed by atoms with van der Waals surface area (Å²) in [4.78, 5) is 16.3. The predicted molar refractivity (Wildman–Crippen MR) is 62.2 cm³/mol. The van der Waals surface area contributed by atoms with Gasteiger partial charge in [-0.3, -0.25) is 0 Å². The molecule has 1 unspecified atom stereocenters. The van der Waals surface area contributed by atoms with E-state index in [1.807, 2.05) is 24.3 Å². The van der Waals surface area contributed by atoms with Crippen LogP contribution in [0.5, 0.6) is 0 Å². The summed E-state index contributed by atoms with van der Waals surface area (Å²) in [6.07, 6.45) is 1.82. The summed E-state index contributed by atoms with van der Waals surface area (Å²) in [5.41, 5.74) is 2.50. The number of aliphatic hydroxyl groups is 1. The van der Waals surface area contributed by atoms with Crippen molar-refractivity contribution in [1.29, 1.82) is 0 Å². The number of benzene rings is 1. The van der Waals surface area contributed by atoms with E-state index in [9.17, 15) is 9.90 Å². The summed E-state index contributed by atoms with van der Waals surface area (Å²) in [5.74, 6) is 0. The van der Waals surface area contributed by atoms with Crippen molar-refractivity contribution in [1.82, 2.24) is 9.97 Å². The van der Waals surface area contributed by atoms with Crippen molar-refractivity contribution in [2.75, 3.05) is 0 Å². The van der Waals surface area contributed by atoms with Gasteiger partial charge in [-0.1, -0.05) is 24.3 Å². The van der Waals surface area contributed by atoms with Gasteiger partial charge >= 0.3 is 5.69 Å². The molecule has 84 valence electrons. The predicted octanol–water partition coefficient (Wildman–Crippen LogP) is 1.29. The summed E-state index contributed by atoms with van der Waals surface area (Å²) in [6, 6.07) is 7.71. The molecule has 16 heavy (non-hydrogen) atoms. The molecule has 2 rings (SSSR count). The van der Waals surface area contributed by atoms with Gasteiger partial charge in [0.25, 0.3) is 0 Å². The average molecular weight is 218 g/mol. The first kappa shape index (κ1) is 10.7. The summed E-state index contributed by atoms with van der Waals surface area (Å²) >= 11 is 0. The van der Waals surface area contributed by atoms with Crippen molar-refractivity contribution in [2.24, 2.45) is 0 Å². The van der Waals surface area contributed by atoms with E-state index in [0.717, 1.165) is 16.8 Å². The minimum Gasteiger partial charge on any atom is -0.393 e. The van der Waals surface area contributed by atoms with Crippen molar-refractivity contribution in [3.8, 4) is 11.3 Å². The first-order valence-electron chi connectivity index (χ1n) is 5.21. The fourth-order valence-corrected chi connectivity index (χ4v) is 1.76. The molecule has 0 fully saturated rings. The van der Waals surface area contributed by atoms with Gasteiger partial charge in [-0.05, 0) is 18.9 Å². The number of aromatic amines is 2. The molecule has 0 radical (unpaired) electrons. The van der Waals surface area contributed by atoms with Crippen molar-refractivity contribution in [3.63, 3.8) is 0 Å². The maximum absolute atomic E-state index is 11.0. The number of rotatable bonds is 3. The SMILES string of the molecule is CC(O)Cc1ccccc1-c1c[nH]c(=O)[nH]1. The van der Waals surface area contributed by atoms with E-state index in [2.05, 4.69) is 9.97 Å². The van der Waals surface area contributed by atoms with Gasteiger partial charge in [0.15, 0.2) is 0 Å². The van der Waals surface area contributed by atoms with Crippen LogP contribution in [0, 0.1) is 0 Å². The Hall–Kier alpha value is -1.81. The van der Waals surface area contributed by atoms with Crippen LogP contribution in [0.2, 0.25) is 0 Å². The third kappa shape index (κ3) is 2.23. The van der Waals surface area contributed by atoms with Crippen LogP contribution < -0.4 is 5.69 Å². The highest BCUT2D eigenvalue weighted by atomic mass is 16.3. The molecule has 1 heterocycles. The van der Waals surface area contributed by atoms with Crippen LogP contribution in [0.4, 0.5) is 0 Å². The summed E-state index contributed by atoms with van der Waals surface area (Å²) in [6.45, 7) is 1.75. The summed E-state index contributed by atoms with van der Waals surface area (Å²) in [7, 11) is 0. The highest BCUT2D eigenvalue weighted by Gasteiger charge is 2.08. The number of hydrogen-bond donors (Lipinski definition) is 3. The topological polar surface area (TPSA) is 68.9 Å². The van der Waals surface area contributed by atoms with E-state index >= 15 is 0 Å². The Labute approximate surface area is 93.0 Å². The molecule has 1 aromatic heterocycles. The summed E-state index contributed by atoms with van der Waals surface area (Å²) in [5, 5.41) is 9.40. The molecule has 0 aliphatic heterocycles. The quantitative estimate of drug-likeness (QED) is 0.726. The largest absolute Gasteiger partial charge is 0.393 e. The smallest absolute Gasteiger partial charge is 0.323 e. The molecule has 2 aromatic rings. The van der Waals surface area contributed by atoms with E-state index < -0.39 is 6.10 Å². The lowest BCUT2D eigenvalue weighted by Crippen LogP contribution is -2.06. The van der Waals surface area contributed by atoms with Crippen LogP contribution in [0.3, 0.4) is 0 Å². The van der Waals surface area contributed by atoms with Crippen LogP contribution in [0.15, 0.2) is 35.3 Å². The molecule has 0 spiro atoms. The first-order valence-corrected chi connectivity index (χ1v) is 5.21. The molecule has 0 saturated carbocycles. The van der Waals surface area contributed by atoms with Gasteiger partial charge in [0, 0.05) is 11.8 Å². The van der Waals surface area contributed by atoms with Gasteiger partial charge in [0.2, 0.25) is 0 Å². The fourth-order valence-electron chi connectivity index (χ4n) is 1.76. The molecule has 1 atom stereocenters. The monoisotopic (exact) mass is 218 g/mol. The highest BCUT2D eigenvalue weighted by molar-refractivity contribution is 5.62. The number of aliphatic hydroxyl groups excluding tert-OH is 1. The van der Waals surface area contributed by atoms with E-state index in [1.54, 1.807) is 13.1 Å². The third-order valence-corrected chi connectivity index (χ3v) is 2.42. The number of H-pyrrole nitrogens is 2. The van der Waals surface area contributed by atoms with Gasteiger partial charge in [-0.25, -0.2) is 4.79 Å². The van der Waals surface area contributed by atoms with Crippen LogP contribution >= 0.6 is 0 Å². The lowest BCUT2D eigenvalue weighted by Gasteiger charge is -2.09. The van der Waals surface area contributed by atoms with Crippen molar-refractivity contribution in [3.05, 3.63) is 46.5 Å². The van der Waals surface area contributed by atoms with Crippen LogP contribution in [0.1, 0.15) is 12.5 Å². The van der Waals surface area contributed by atoms with E-state index in [1.165, 1.54) is 0 Å². The van der Waals surface area contributed by atoms with Gasteiger partial charge < -0.3 is 15.1 Å². The average Bonchev–Trinajstić information content (AvgIpc) is 2.65. The van der Waals surface area contributed by atoms with Crippen molar-refractivity contribution >= 4 is 0 Å². The van der Waals surface area contributed by atoms with Crippen LogP contribution in [0.25, 0.3) is 11.3 Å². The molecule has 4 heteroatoms. The maximum Gasteiger partial charge on any atom is 0.323 e. The Kier molecular flexibility index (Phi) is 2.92. The zero-order valence-corrected chi connectivity index (χ0v) is 9.03. The van der Waals surface area contributed by atoms with Gasteiger partial charge in [-0.15, -0.1) is 0 Å². The Morgan fingerprint density at radius 3 is 2.75 bits per heavy atom. The lowest BCUT2D eigenvalue weighted by molar-refractivity contribution is 0.195. The maximum atomic E-state index is 11.0. The molecule has 0 bridgehead atoms. The Morgan fingerprint density at radius 1 is 1.38 bits per heavy atom. The minimum atomic E-state index is -0.396. The molecule has 3 N–H and O–H groups in total. The molecule has 0 saturated heterocycles. The molecule has 1 aromatic carbocycles. The van der Waals surface area contributed by atoms with Crippen LogP contribution in [-0.4, -0.2) is 21.2 Å². The lowest BCUT2D eigenvalue weighted by atomic mass is 10.0. The molecular weight excluding hydrogens is 204 g/mol. The minimum absolute atomic E-state index is 0.221. The second kappa shape index (κ2) is 4.37. The fraction of sp³-hybridized carbons (Fsp3) is 0.250. The second-order valence-electron chi connectivity index (χ2n) is 3.87. The van der Waals surface area contributed by atoms with Crippen LogP contribution in [-0.2, 0) is 6.42 Å². The first-order chi connectivity index (χ1) is 7.66. The normalized spacial score (nSPS) is 12.6. The van der Waals surface area contributed by atoms with Gasteiger partial charge in [-0.2, -0.15) is 0 Å². The molecule has 0 aliphatic carbocycles. The van der Waals surface area contributed by atoms with Gasteiger partial charge in [0.05, 0.1) is 11.8 Å². The number of nitrogens with one attached hydrogen (secondary N) is 2. The molecule has 4 nitrogen and oxygen atoms in total. The van der Waals surface area contributed by atoms with E-state index in [-0.39, 0.29) is 5.69 Å². The zero-order valence-electron chi connectivity index (χ0n) is 9.03. The van der Waals surface area contributed by atoms with Crippen molar-refractivity contribution < 1.29 is 5.11 Å². The van der Waals surface area contributed by atoms with Gasteiger partial charge in [0.1, 0.15) is 0 Å². The molecule has 0 aliphatic rings. The second-order valence-corrected chi connectivity index (χ2v) is 3.87. The standard InChI is InChI=1S/C12H14N2O2/c1-8(15)6-9-4-2-3-5-10(9)11-7-13-12(16)14-11/h2-5,7-8,15H,6H2,1H3,(H2,13,14,16). The number of hydrogen-bond acceptors (Lipinski definition) is 2. The number of aromatic nitrogens is 2. The Morgan fingerprint density at radius 2 is 2.12 bits per heavy atom. The van der Waals surface area contributed by atoms with E-state index in [4.69, 9.17) is 0 Å². The molecule has 0 amide bonds. The van der Waals surface area contributed by atoms with E-state index in [0.29, 0.717) is 6.42 Å². The number of imidazole rings is 1. The zero-order chi connectivity index (χ0) is 11.5. The third-order valence-electron chi connectivity index (χ3n) is 2.42.